The molecule has 2 aromatic rings. The molecular formula is C20H24N2O3S. The van der Waals surface area contributed by atoms with E-state index in [0.29, 0.717) is 19.6 Å². The Hall–Kier alpha value is -2.08. The van der Waals surface area contributed by atoms with Gasteiger partial charge in [0, 0.05) is 18.1 Å². The molecule has 1 amide bonds. The molecule has 1 aromatic heterocycles. The molecule has 3 heterocycles. The summed E-state index contributed by atoms with van der Waals surface area (Å²) in [4.78, 5) is 19.8. The van der Waals surface area contributed by atoms with E-state index in [9.17, 15) is 4.79 Å². The number of benzene rings is 1. The third-order valence-corrected chi connectivity index (χ3v) is 6.00. The molecule has 138 valence electrons. The Labute approximate surface area is 157 Å². The number of amides is 1. The number of fused-ring (bicyclic) bond motifs is 1. The molecule has 5 nitrogen and oxygen atoms in total. The van der Waals surface area contributed by atoms with Gasteiger partial charge in [0.15, 0.2) is 0 Å². The lowest BCUT2D eigenvalue weighted by atomic mass is 9.93. The fourth-order valence-electron chi connectivity index (χ4n) is 3.87. The number of hydrogen-bond acceptors (Lipinski definition) is 5. The molecule has 2 atom stereocenters. The average Bonchev–Trinajstić information content (AvgIpc) is 3.22. The van der Waals surface area contributed by atoms with Crippen molar-refractivity contribution < 1.29 is 14.3 Å². The molecule has 2 aliphatic rings. The Balaban J connectivity index is 1.52. The van der Waals surface area contributed by atoms with E-state index in [0.717, 1.165) is 47.9 Å². The zero-order valence-electron chi connectivity index (χ0n) is 15.0. The summed E-state index contributed by atoms with van der Waals surface area (Å²) < 4.78 is 11.5. The van der Waals surface area contributed by atoms with Crippen molar-refractivity contribution >= 4 is 17.2 Å². The standard InChI is InChI=1S/C20H24N2O3S/c1-2-24-16-6-7-18-14(12-16)11-15(13-25-18)20(23)22-9-4-3-5-17(22)19-21-8-10-26-19/h6-8,10,12,15,17H,2-5,9,11,13H2,1H3. The molecule has 0 N–H and O–H groups in total. The minimum absolute atomic E-state index is 0.118. The number of hydrogen-bond donors (Lipinski definition) is 0. The summed E-state index contributed by atoms with van der Waals surface area (Å²) in [6, 6.07) is 5.99. The van der Waals surface area contributed by atoms with E-state index in [1.54, 1.807) is 11.3 Å². The molecule has 6 heteroatoms. The van der Waals surface area contributed by atoms with Gasteiger partial charge in [-0.25, -0.2) is 4.98 Å². The van der Waals surface area contributed by atoms with Crippen molar-refractivity contribution in [1.82, 2.24) is 9.88 Å². The Morgan fingerprint density at radius 3 is 3.15 bits per heavy atom. The smallest absolute Gasteiger partial charge is 0.230 e. The predicted octanol–water partition coefficient (Wildman–Crippen LogP) is 3.85. The second-order valence-electron chi connectivity index (χ2n) is 6.83. The van der Waals surface area contributed by atoms with Crippen molar-refractivity contribution in [2.75, 3.05) is 19.8 Å². The zero-order chi connectivity index (χ0) is 17.9. The van der Waals surface area contributed by atoms with E-state index in [2.05, 4.69) is 4.98 Å². The molecule has 1 aromatic carbocycles. The highest BCUT2D eigenvalue weighted by molar-refractivity contribution is 7.09. The van der Waals surface area contributed by atoms with E-state index in [-0.39, 0.29) is 17.9 Å². The molecular weight excluding hydrogens is 348 g/mol. The molecule has 1 saturated heterocycles. The Morgan fingerprint density at radius 2 is 2.35 bits per heavy atom. The molecule has 0 aliphatic carbocycles. The number of thiazole rings is 1. The summed E-state index contributed by atoms with van der Waals surface area (Å²) in [5.41, 5.74) is 1.06. The highest BCUT2D eigenvalue weighted by Crippen LogP contribution is 2.36. The van der Waals surface area contributed by atoms with Gasteiger partial charge in [-0.3, -0.25) is 4.79 Å². The highest BCUT2D eigenvalue weighted by Gasteiger charge is 2.35. The van der Waals surface area contributed by atoms with Gasteiger partial charge in [-0.1, -0.05) is 0 Å². The maximum atomic E-state index is 13.3. The van der Waals surface area contributed by atoms with Gasteiger partial charge < -0.3 is 14.4 Å². The Bertz CT molecular complexity index is 762. The van der Waals surface area contributed by atoms with Gasteiger partial charge in [0.1, 0.15) is 23.1 Å². The summed E-state index contributed by atoms with van der Waals surface area (Å²) >= 11 is 1.64. The van der Waals surface area contributed by atoms with Gasteiger partial charge in [-0.05, 0) is 56.4 Å². The first-order valence-corrected chi connectivity index (χ1v) is 10.2. The van der Waals surface area contributed by atoms with Crippen LogP contribution in [0.5, 0.6) is 11.5 Å². The van der Waals surface area contributed by atoms with Gasteiger partial charge in [-0.2, -0.15) is 0 Å². The van der Waals surface area contributed by atoms with E-state index in [1.165, 1.54) is 0 Å². The van der Waals surface area contributed by atoms with Crippen molar-refractivity contribution in [2.45, 2.75) is 38.6 Å². The first kappa shape index (κ1) is 17.3. The summed E-state index contributed by atoms with van der Waals surface area (Å²) in [6.45, 7) is 3.86. The average molecular weight is 372 g/mol. The Morgan fingerprint density at radius 1 is 1.42 bits per heavy atom. The van der Waals surface area contributed by atoms with Crippen molar-refractivity contribution in [2.24, 2.45) is 5.92 Å². The Kier molecular flexibility index (Phi) is 5.11. The fourth-order valence-corrected chi connectivity index (χ4v) is 4.66. The quantitative estimate of drug-likeness (QED) is 0.818. The van der Waals surface area contributed by atoms with Gasteiger partial charge in [-0.15, -0.1) is 11.3 Å². The third-order valence-electron chi connectivity index (χ3n) is 5.12. The minimum atomic E-state index is -0.139. The van der Waals surface area contributed by atoms with Gasteiger partial charge >= 0.3 is 0 Å². The molecule has 1 fully saturated rings. The number of aromatic nitrogens is 1. The van der Waals surface area contributed by atoms with Crippen LogP contribution in [0, 0.1) is 5.92 Å². The van der Waals surface area contributed by atoms with Crippen molar-refractivity contribution in [3.05, 3.63) is 40.3 Å². The fraction of sp³-hybridized carbons (Fsp3) is 0.500. The lowest BCUT2D eigenvalue weighted by Gasteiger charge is -2.37. The van der Waals surface area contributed by atoms with Crippen LogP contribution in [-0.4, -0.2) is 35.5 Å². The zero-order valence-corrected chi connectivity index (χ0v) is 15.8. The number of carbonyl (C=O) groups is 1. The van der Waals surface area contributed by atoms with Crippen LogP contribution in [0.4, 0.5) is 0 Å². The maximum Gasteiger partial charge on any atom is 0.230 e. The van der Waals surface area contributed by atoms with Crippen molar-refractivity contribution in [3.63, 3.8) is 0 Å². The summed E-state index contributed by atoms with van der Waals surface area (Å²) in [6.07, 6.45) is 5.74. The van der Waals surface area contributed by atoms with Crippen LogP contribution < -0.4 is 9.47 Å². The molecule has 0 radical (unpaired) electrons. The monoisotopic (exact) mass is 372 g/mol. The van der Waals surface area contributed by atoms with Crippen LogP contribution in [0.2, 0.25) is 0 Å². The first-order valence-electron chi connectivity index (χ1n) is 9.34. The van der Waals surface area contributed by atoms with Crippen LogP contribution in [0.1, 0.15) is 42.8 Å². The maximum absolute atomic E-state index is 13.3. The highest BCUT2D eigenvalue weighted by atomic mass is 32.1. The topological polar surface area (TPSA) is 51.7 Å². The predicted molar refractivity (Wildman–Crippen MR) is 101 cm³/mol. The van der Waals surface area contributed by atoms with Gasteiger partial charge in [0.2, 0.25) is 5.91 Å². The molecule has 0 bridgehead atoms. The molecule has 26 heavy (non-hydrogen) atoms. The van der Waals surface area contributed by atoms with Crippen molar-refractivity contribution in [1.29, 1.82) is 0 Å². The number of piperidine rings is 1. The van der Waals surface area contributed by atoms with Crippen molar-refractivity contribution in [3.8, 4) is 11.5 Å². The number of carbonyl (C=O) groups excluding carboxylic acids is 1. The van der Waals surface area contributed by atoms with Crippen LogP contribution in [0.15, 0.2) is 29.8 Å². The van der Waals surface area contributed by atoms with E-state index in [4.69, 9.17) is 9.47 Å². The second-order valence-corrected chi connectivity index (χ2v) is 7.75. The van der Waals surface area contributed by atoms with Crippen LogP contribution in [-0.2, 0) is 11.2 Å². The summed E-state index contributed by atoms with van der Waals surface area (Å²) in [7, 11) is 0. The lowest BCUT2D eigenvalue weighted by molar-refractivity contribution is -0.141. The van der Waals surface area contributed by atoms with E-state index >= 15 is 0 Å². The number of ether oxygens (including phenoxy) is 2. The lowest BCUT2D eigenvalue weighted by Crippen LogP contribution is -2.44. The number of likely N-dealkylation sites (tertiary alicyclic amines) is 1. The number of nitrogens with zero attached hydrogens (tertiary/aromatic N) is 2. The van der Waals surface area contributed by atoms with Crippen LogP contribution in [0.25, 0.3) is 0 Å². The first-order chi connectivity index (χ1) is 12.8. The molecule has 2 aliphatic heterocycles. The normalized spacial score (nSPS) is 22.4. The minimum Gasteiger partial charge on any atom is -0.494 e. The molecule has 0 saturated carbocycles. The molecule has 4 rings (SSSR count). The SMILES string of the molecule is CCOc1ccc2c(c1)CC(C(=O)N1CCCCC1c1nccs1)CO2. The van der Waals surface area contributed by atoms with Crippen LogP contribution >= 0.6 is 11.3 Å². The molecule has 0 spiro atoms. The third kappa shape index (κ3) is 3.43. The number of rotatable bonds is 4. The summed E-state index contributed by atoms with van der Waals surface area (Å²) in [5, 5.41) is 3.04. The van der Waals surface area contributed by atoms with E-state index in [1.807, 2.05) is 41.6 Å². The largest absolute Gasteiger partial charge is 0.494 e. The van der Waals surface area contributed by atoms with Crippen LogP contribution in [0.3, 0.4) is 0 Å². The summed E-state index contributed by atoms with van der Waals surface area (Å²) in [5.74, 6) is 1.76. The second kappa shape index (κ2) is 7.66. The molecule has 2 unspecified atom stereocenters. The van der Waals surface area contributed by atoms with E-state index < -0.39 is 0 Å². The van der Waals surface area contributed by atoms with Gasteiger partial charge in [0.05, 0.1) is 18.6 Å². The van der Waals surface area contributed by atoms with Gasteiger partial charge in [0.25, 0.3) is 0 Å².